The summed E-state index contributed by atoms with van der Waals surface area (Å²) in [6, 6.07) is 9.00. The van der Waals surface area contributed by atoms with Crippen molar-refractivity contribution in [1.82, 2.24) is 20.4 Å². The molecule has 0 spiro atoms. The molecule has 2 aliphatic rings. The van der Waals surface area contributed by atoms with Gasteiger partial charge in [-0.3, -0.25) is 14.7 Å². The van der Waals surface area contributed by atoms with E-state index in [4.69, 9.17) is 9.73 Å². The third-order valence-electron chi connectivity index (χ3n) is 6.68. The zero-order chi connectivity index (χ0) is 23.0. The summed E-state index contributed by atoms with van der Waals surface area (Å²) in [7, 11) is 3.70. The molecular weight excluding hydrogens is 529 g/mol. The van der Waals surface area contributed by atoms with E-state index in [1.54, 1.807) is 4.90 Å². The summed E-state index contributed by atoms with van der Waals surface area (Å²) in [6.45, 7) is 9.68. The van der Waals surface area contributed by atoms with Gasteiger partial charge in [0.1, 0.15) is 0 Å². The van der Waals surface area contributed by atoms with Crippen LogP contribution in [0.4, 0.5) is 0 Å². The zero-order valence-corrected chi connectivity index (χ0v) is 23.1. The predicted octanol–water partition coefficient (Wildman–Crippen LogP) is 3.19. The number of aryl methyl sites for hydroxylation is 1. The first-order valence-electron chi connectivity index (χ1n) is 12.1. The van der Waals surface area contributed by atoms with Gasteiger partial charge in [0.15, 0.2) is 5.96 Å². The SMILES string of the molecule is CCNC(=NCC1(C(=O)N(C)C)CCCC1)NCC(c1cccc(C)c1)N1CCOCC1.I. The second kappa shape index (κ2) is 13.5. The van der Waals surface area contributed by atoms with E-state index in [1.807, 2.05) is 14.1 Å². The highest BCUT2D eigenvalue weighted by Gasteiger charge is 2.42. The van der Waals surface area contributed by atoms with E-state index < -0.39 is 0 Å². The lowest BCUT2D eigenvalue weighted by atomic mass is 9.85. The zero-order valence-electron chi connectivity index (χ0n) is 20.7. The highest BCUT2D eigenvalue weighted by Crippen LogP contribution is 2.39. The number of morpholine rings is 1. The van der Waals surface area contributed by atoms with E-state index in [-0.39, 0.29) is 41.3 Å². The number of rotatable bonds is 8. The number of ether oxygens (including phenoxy) is 1. The molecule has 1 aromatic rings. The van der Waals surface area contributed by atoms with E-state index in [2.05, 4.69) is 53.6 Å². The fraction of sp³-hybridized carbons (Fsp3) is 0.680. The molecule has 1 saturated carbocycles. The second-order valence-electron chi connectivity index (χ2n) is 9.34. The molecule has 1 aromatic carbocycles. The first kappa shape index (κ1) is 27.9. The average Bonchev–Trinajstić information content (AvgIpc) is 3.28. The number of guanidine groups is 1. The number of aliphatic imine (C=N–C) groups is 1. The summed E-state index contributed by atoms with van der Waals surface area (Å²) < 4.78 is 5.59. The molecule has 0 bridgehead atoms. The minimum atomic E-state index is -0.355. The monoisotopic (exact) mass is 571 g/mol. The van der Waals surface area contributed by atoms with Crippen LogP contribution < -0.4 is 10.6 Å². The first-order chi connectivity index (χ1) is 15.4. The topological polar surface area (TPSA) is 69.2 Å². The van der Waals surface area contributed by atoms with E-state index in [0.29, 0.717) is 6.54 Å². The molecule has 8 heteroatoms. The minimum absolute atomic E-state index is 0. The number of amides is 1. The number of carbonyl (C=O) groups is 1. The molecule has 2 N–H and O–H groups in total. The summed E-state index contributed by atoms with van der Waals surface area (Å²) in [6.07, 6.45) is 4.05. The molecule has 2 fully saturated rings. The Balaban J connectivity index is 0.00000385. The van der Waals surface area contributed by atoms with E-state index in [1.165, 1.54) is 11.1 Å². The number of halogens is 1. The van der Waals surface area contributed by atoms with Gasteiger partial charge < -0.3 is 20.3 Å². The van der Waals surface area contributed by atoms with Crippen molar-refractivity contribution in [2.24, 2.45) is 10.4 Å². The average molecular weight is 572 g/mol. The van der Waals surface area contributed by atoms with Gasteiger partial charge in [-0.05, 0) is 32.3 Å². The molecule has 33 heavy (non-hydrogen) atoms. The molecule has 1 amide bonds. The van der Waals surface area contributed by atoms with Crippen molar-refractivity contribution in [1.29, 1.82) is 0 Å². The fourth-order valence-electron chi connectivity index (χ4n) is 4.96. The first-order valence-corrected chi connectivity index (χ1v) is 12.1. The molecule has 1 unspecified atom stereocenters. The van der Waals surface area contributed by atoms with E-state index in [0.717, 1.165) is 71.0 Å². The van der Waals surface area contributed by atoms with Gasteiger partial charge in [-0.1, -0.05) is 42.7 Å². The Kier molecular flexibility index (Phi) is 11.4. The quantitative estimate of drug-likeness (QED) is 0.285. The van der Waals surface area contributed by atoms with Crippen LogP contribution >= 0.6 is 24.0 Å². The molecule has 1 atom stereocenters. The van der Waals surface area contributed by atoms with Crippen molar-refractivity contribution in [3.8, 4) is 0 Å². The Bertz CT molecular complexity index is 774. The number of nitrogens with one attached hydrogen (secondary N) is 2. The fourth-order valence-corrected chi connectivity index (χ4v) is 4.96. The Morgan fingerprint density at radius 3 is 2.52 bits per heavy atom. The summed E-state index contributed by atoms with van der Waals surface area (Å²) in [4.78, 5) is 22.0. The number of hydrogen-bond donors (Lipinski definition) is 2. The Morgan fingerprint density at radius 2 is 1.91 bits per heavy atom. The number of carbonyl (C=O) groups excluding carboxylic acids is 1. The minimum Gasteiger partial charge on any atom is -0.379 e. The maximum Gasteiger partial charge on any atom is 0.230 e. The summed E-state index contributed by atoms with van der Waals surface area (Å²) in [5.74, 6) is 0.997. The molecule has 7 nitrogen and oxygen atoms in total. The van der Waals surface area contributed by atoms with Crippen molar-refractivity contribution in [3.05, 3.63) is 35.4 Å². The molecule has 1 aliphatic carbocycles. The third kappa shape index (κ3) is 7.55. The normalized spacial score (nSPS) is 19.5. The molecule has 1 aliphatic heterocycles. The van der Waals surface area contributed by atoms with Crippen LogP contribution in [0.15, 0.2) is 29.3 Å². The van der Waals surface area contributed by atoms with Crippen LogP contribution in [-0.2, 0) is 9.53 Å². The van der Waals surface area contributed by atoms with Gasteiger partial charge in [-0.2, -0.15) is 0 Å². The second-order valence-corrected chi connectivity index (χ2v) is 9.34. The summed E-state index contributed by atoms with van der Waals surface area (Å²) in [5, 5.41) is 6.96. The highest BCUT2D eigenvalue weighted by molar-refractivity contribution is 14.0. The van der Waals surface area contributed by atoms with Gasteiger partial charge in [-0.15, -0.1) is 24.0 Å². The molecule has 1 heterocycles. The maximum absolute atomic E-state index is 12.9. The molecule has 3 rings (SSSR count). The lowest BCUT2D eigenvalue weighted by Gasteiger charge is -2.35. The highest BCUT2D eigenvalue weighted by atomic mass is 127. The number of nitrogens with zero attached hydrogens (tertiary/aromatic N) is 3. The van der Waals surface area contributed by atoms with Gasteiger partial charge in [0.2, 0.25) is 5.91 Å². The van der Waals surface area contributed by atoms with E-state index in [9.17, 15) is 4.79 Å². The van der Waals surface area contributed by atoms with Crippen molar-refractivity contribution >= 4 is 35.8 Å². The predicted molar refractivity (Wildman–Crippen MR) is 145 cm³/mol. The third-order valence-corrected chi connectivity index (χ3v) is 6.68. The Labute approximate surface area is 216 Å². The van der Waals surface area contributed by atoms with Crippen molar-refractivity contribution in [2.45, 2.75) is 45.6 Å². The lowest BCUT2D eigenvalue weighted by molar-refractivity contribution is -0.138. The molecule has 0 radical (unpaired) electrons. The maximum atomic E-state index is 12.9. The number of benzene rings is 1. The lowest BCUT2D eigenvalue weighted by Crippen LogP contribution is -2.47. The van der Waals surface area contributed by atoms with Crippen LogP contribution in [0.25, 0.3) is 0 Å². The van der Waals surface area contributed by atoms with Crippen LogP contribution in [0.1, 0.15) is 49.8 Å². The molecule has 1 saturated heterocycles. The molecular formula is C25H42IN5O2. The number of hydrogen-bond acceptors (Lipinski definition) is 4. The summed E-state index contributed by atoms with van der Waals surface area (Å²) in [5.41, 5.74) is 2.23. The largest absolute Gasteiger partial charge is 0.379 e. The van der Waals surface area contributed by atoms with Crippen LogP contribution in [0.2, 0.25) is 0 Å². The van der Waals surface area contributed by atoms with Crippen LogP contribution in [0, 0.1) is 12.3 Å². The van der Waals surface area contributed by atoms with Crippen LogP contribution in [0.3, 0.4) is 0 Å². The van der Waals surface area contributed by atoms with Gasteiger partial charge in [0, 0.05) is 40.3 Å². The van der Waals surface area contributed by atoms with Gasteiger partial charge in [-0.25, -0.2) is 0 Å². The Hall–Kier alpha value is -1.39. The van der Waals surface area contributed by atoms with Crippen LogP contribution in [-0.4, -0.2) is 81.7 Å². The van der Waals surface area contributed by atoms with E-state index >= 15 is 0 Å². The van der Waals surface area contributed by atoms with Crippen molar-refractivity contribution in [3.63, 3.8) is 0 Å². The molecule has 0 aromatic heterocycles. The Morgan fingerprint density at radius 1 is 1.21 bits per heavy atom. The van der Waals surface area contributed by atoms with Gasteiger partial charge in [0.05, 0.1) is 31.2 Å². The van der Waals surface area contributed by atoms with Gasteiger partial charge >= 0.3 is 0 Å². The van der Waals surface area contributed by atoms with Crippen molar-refractivity contribution < 1.29 is 9.53 Å². The standard InChI is InChI=1S/C25H41N5O2.HI/c1-5-26-24(28-19-25(11-6-7-12-25)23(31)29(3)4)27-18-22(30-13-15-32-16-14-30)21-10-8-9-20(2)17-21;/h8-10,17,22H,5-7,11-16,18-19H2,1-4H3,(H2,26,27,28);1H. The smallest absolute Gasteiger partial charge is 0.230 e. The van der Waals surface area contributed by atoms with Crippen molar-refractivity contribution in [2.75, 3.05) is 60.0 Å². The van der Waals surface area contributed by atoms with Gasteiger partial charge in [0.25, 0.3) is 0 Å². The summed E-state index contributed by atoms with van der Waals surface area (Å²) >= 11 is 0. The molecule has 186 valence electrons. The van der Waals surface area contributed by atoms with Crippen LogP contribution in [0.5, 0.6) is 0 Å².